The van der Waals surface area contributed by atoms with Crippen LogP contribution < -0.4 is 0 Å². The summed E-state index contributed by atoms with van der Waals surface area (Å²) in [5.74, 6) is -1.08. The summed E-state index contributed by atoms with van der Waals surface area (Å²) in [4.78, 5) is 24.8. The molecule has 0 radical (unpaired) electrons. The fourth-order valence-corrected chi connectivity index (χ4v) is 3.84. The van der Waals surface area contributed by atoms with E-state index in [9.17, 15) is 18.0 Å². The van der Waals surface area contributed by atoms with E-state index in [1.54, 1.807) is 6.92 Å². The van der Waals surface area contributed by atoms with Gasteiger partial charge in [-0.15, -0.1) is 11.8 Å². The van der Waals surface area contributed by atoms with Gasteiger partial charge in [-0.3, -0.25) is 9.69 Å². The fraction of sp³-hybridized carbons (Fsp3) is 0.556. The molecular formula is C9H12BNO6S2. The number of carbonyl (C=O) groups is 2. The highest BCUT2D eigenvalue weighted by atomic mass is 32.2. The summed E-state index contributed by atoms with van der Waals surface area (Å²) in [6, 6.07) is 0. The van der Waals surface area contributed by atoms with Crippen molar-refractivity contribution in [2.24, 2.45) is 5.92 Å². The molecule has 19 heavy (non-hydrogen) atoms. The fourth-order valence-electron chi connectivity index (χ4n) is 1.98. The summed E-state index contributed by atoms with van der Waals surface area (Å²) >= 11 is 1.36. The van der Waals surface area contributed by atoms with Gasteiger partial charge in [0, 0.05) is 0 Å². The molecule has 2 atom stereocenters. The first-order chi connectivity index (χ1) is 8.76. The molecule has 0 saturated carbocycles. The number of carbonyl (C=O) groups excluding carboxylic acids is 2. The second kappa shape index (κ2) is 4.75. The summed E-state index contributed by atoms with van der Waals surface area (Å²) in [5, 5.41) is -0.173. The Labute approximate surface area is 115 Å². The van der Waals surface area contributed by atoms with Crippen LogP contribution in [0.3, 0.4) is 0 Å². The quantitative estimate of drug-likeness (QED) is 0.368. The Morgan fingerprint density at radius 1 is 1.53 bits per heavy atom. The Kier molecular flexibility index (Phi) is 3.56. The van der Waals surface area contributed by atoms with Crippen molar-refractivity contribution >= 4 is 41.8 Å². The Morgan fingerprint density at radius 2 is 2.16 bits per heavy atom. The summed E-state index contributed by atoms with van der Waals surface area (Å²) in [7, 11) is -2.60. The molecule has 0 aromatic carbocycles. The number of β-lactam (4-membered cyclic amide) rings is 1. The lowest BCUT2D eigenvalue weighted by Gasteiger charge is -2.48. The van der Waals surface area contributed by atoms with Crippen molar-refractivity contribution in [1.82, 2.24) is 4.90 Å². The van der Waals surface area contributed by atoms with Crippen LogP contribution in [-0.4, -0.2) is 50.6 Å². The van der Waals surface area contributed by atoms with E-state index in [1.165, 1.54) is 16.7 Å². The minimum Gasteiger partial charge on any atom is -0.539 e. The number of nitrogens with zero attached hydrogens (tertiary/aromatic N) is 1. The molecule has 2 rings (SSSR count). The lowest BCUT2D eigenvalue weighted by atomic mass is 9.99. The van der Waals surface area contributed by atoms with Crippen LogP contribution in [0.1, 0.15) is 6.92 Å². The SMILES string of the molecule is BOC(=O)C1=C(OS(C)(=O)=O)CS[C@@H]2[C@H](C)C(=O)N12. The van der Waals surface area contributed by atoms with E-state index >= 15 is 0 Å². The molecule has 0 aromatic heterocycles. The van der Waals surface area contributed by atoms with Gasteiger partial charge in [0.15, 0.2) is 11.5 Å². The van der Waals surface area contributed by atoms with Crippen LogP contribution in [-0.2, 0) is 28.5 Å². The largest absolute Gasteiger partial charge is 0.539 e. The van der Waals surface area contributed by atoms with Crippen LogP contribution in [0.4, 0.5) is 0 Å². The normalized spacial score (nSPS) is 26.6. The van der Waals surface area contributed by atoms with Gasteiger partial charge in [0.2, 0.25) is 5.91 Å². The molecule has 1 amide bonds. The van der Waals surface area contributed by atoms with Gasteiger partial charge in [-0.1, -0.05) is 6.92 Å². The molecule has 0 aliphatic carbocycles. The molecule has 7 nitrogen and oxygen atoms in total. The van der Waals surface area contributed by atoms with E-state index in [1.807, 2.05) is 0 Å². The number of hydrogen-bond donors (Lipinski definition) is 0. The maximum atomic E-state index is 11.8. The topological polar surface area (TPSA) is 90.0 Å². The zero-order chi connectivity index (χ0) is 14.4. The average Bonchev–Trinajstić information content (AvgIpc) is 2.34. The minimum atomic E-state index is -3.76. The van der Waals surface area contributed by atoms with E-state index < -0.39 is 16.1 Å². The first-order valence-corrected chi connectivity index (χ1v) is 8.28. The minimum absolute atomic E-state index is 0.0594. The van der Waals surface area contributed by atoms with Gasteiger partial charge in [0.05, 0.1) is 23.3 Å². The van der Waals surface area contributed by atoms with Crippen molar-refractivity contribution in [3.8, 4) is 0 Å². The Morgan fingerprint density at radius 3 is 2.68 bits per heavy atom. The Balaban J connectivity index is 2.42. The summed E-state index contributed by atoms with van der Waals surface area (Å²) < 4.78 is 31.8. The molecule has 2 aliphatic rings. The van der Waals surface area contributed by atoms with Crippen molar-refractivity contribution < 1.29 is 26.8 Å². The number of hydrogen-bond acceptors (Lipinski definition) is 7. The lowest BCUT2D eigenvalue weighted by molar-refractivity contribution is -0.150. The highest BCUT2D eigenvalue weighted by Crippen LogP contribution is 2.44. The maximum absolute atomic E-state index is 11.8. The molecule has 2 aliphatic heterocycles. The molecule has 0 bridgehead atoms. The number of rotatable bonds is 3. The summed E-state index contributed by atoms with van der Waals surface area (Å²) in [6.07, 6.45) is 0.881. The van der Waals surface area contributed by atoms with Crippen LogP contribution in [0.15, 0.2) is 11.5 Å². The number of thioether (sulfide) groups is 1. The first-order valence-electron chi connectivity index (χ1n) is 5.42. The van der Waals surface area contributed by atoms with E-state index in [-0.39, 0.29) is 34.4 Å². The van der Waals surface area contributed by atoms with Gasteiger partial charge in [0.25, 0.3) is 0 Å². The van der Waals surface area contributed by atoms with Gasteiger partial charge >= 0.3 is 24.1 Å². The third kappa shape index (κ3) is 2.46. The molecule has 0 aromatic rings. The summed E-state index contributed by atoms with van der Waals surface area (Å²) in [5.41, 5.74) is -0.111. The van der Waals surface area contributed by atoms with E-state index in [0.29, 0.717) is 0 Å². The van der Waals surface area contributed by atoms with Crippen molar-refractivity contribution in [1.29, 1.82) is 0 Å². The third-order valence-corrected chi connectivity index (χ3v) is 4.72. The monoisotopic (exact) mass is 305 g/mol. The standard InChI is InChI=1S/C9H12BNO6S2/c1-4-7(12)11-6(9(13)16-10)5(3-18-8(4)11)17-19(2,14)15/h4,8H,3,10H2,1-2H3/t4-,8-/m1/s1. The van der Waals surface area contributed by atoms with Gasteiger partial charge in [-0.2, -0.15) is 8.42 Å². The smallest absolute Gasteiger partial charge is 0.340 e. The molecule has 1 saturated heterocycles. The van der Waals surface area contributed by atoms with Crippen molar-refractivity contribution in [2.45, 2.75) is 12.3 Å². The van der Waals surface area contributed by atoms with Crippen molar-refractivity contribution in [3.63, 3.8) is 0 Å². The molecule has 0 N–H and O–H groups in total. The number of amides is 1. The third-order valence-electron chi connectivity index (χ3n) is 2.83. The van der Waals surface area contributed by atoms with Gasteiger partial charge < -0.3 is 8.84 Å². The van der Waals surface area contributed by atoms with Crippen molar-refractivity contribution in [3.05, 3.63) is 11.5 Å². The molecule has 104 valence electrons. The number of fused-ring (bicyclic) bond motifs is 1. The highest BCUT2D eigenvalue weighted by molar-refractivity contribution is 8.00. The second-order valence-electron chi connectivity index (χ2n) is 4.25. The predicted octanol–water partition coefficient (Wildman–Crippen LogP) is -1.18. The van der Waals surface area contributed by atoms with Crippen LogP contribution in [0, 0.1) is 5.92 Å². The van der Waals surface area contributed by atoms with Crippen molar-refractivity contribution in [2.75, 3.05) is 12.0 Å². The first kappa shape index (κ1) is 14.3. The Hall–Kier alpha value is -1.16. The zero-order valence-electron chi connectivity index (χ0n) is 10.6. The van der Waals surface area contributed by atoms with Gasteiger partial charge in [0.1, 0.15) is 0 Å². The molecular weight excluding hydrogens is 293 g/mol. The van der Waals surface area contributed by atoms with Crippen LogP contribution in [0.5, 0.6) is 0 Å². The Bertz CT molecular complexity index is 571. The van der Waals surface area contributed by atoms with Gasteiger partial charge in [-0.05, 0) is 0 Å². The second-order valence-corrected chi connectivity index (χ2v) is 6.93. The molecule has 10 heteroatoms. The molecule has 0 spiro atoms. The summed E-state index contributed by atoms with van der Waals surface area (Å²) in [6.45, 7) is 1.76. The average molecular weight is 305 g/mol. The highest BCUT2D eigenvalue weighted by Gasteiger charge is 2.52. The van der Waals surface area contributed by atoms with E-state index in [4.69, 9.17) is 4.18 Å². The van der Waals surface area contributed by atoms with Crippen LogP contribution in [0.2, 0.25) is 0 Å². The van der Waals surface area contributed by atoms with Crippen LogP contribution >= 0.6 is 11.8 Å². The molecule has 0 unspecified atom stereocenters. The molecule has 1 fully saturated rings. The zero-order valence-corrected chi connectivity index (χ0v) is 12.2. The van der Waals surface area contributed by atoms with E-state index in [0.717, 1.165) is 14.3 Å². The predicted molar refractivity (Wildman–Crippen MR) is 69.8 cm³/mol. The molecule has 2 heterocycles. The maximum Gasteiger partial charge on any atom is 0.340 e. The van der Waals surface area contributed by atoms with Gasteiger partial charge in [-0.25, -0.2) is 4.79 Å². The lowest BCUT2D eigenvalue weighted by Crippen LogP contribution is -2.60. The van der Waals surface area contributed by atoms with Crippen LogP contribution in [0.25, 0.3) is 0 Å². The van der Waals surface area contributed by atoms with E-state index in [2.05, 4.69) is 4.65 Å².